The number of hydrogen-bond donors (Lipinski definition) is 0. The molecule has 4 heterocycles. The molecule has 2 atom stereocenters. The number of hydrogen-bond acceptors (Lipinski definition) is 3. The highest BCUT2D eigenvalue weighted by Gasteiger charge is 2.34. The van der Waals surface area contributed by atoms with Crippen molar-refractivity contribution < 1.29 is 4.74 Å². The lowest BCUT2D eigenvalue weighted by Crippen LogP contribution is -2.34. The minimum atomic E-state index is 0.193. The normalized spacial score (nSPS) is 25.6. The third-order valence-electron chi connectivity index (χ3n) is 7.16. The van der Waals surface area contributed by atoms with Crippen molar-refractivity contribution in [2.24, 2.45) is 5.92 Å². The lowest BCUT2D eigenvalue weighted by molar-refractivity contribution is 0.0737. The van der Waals surface area contributed by atoms with Crippen molar-refractivity contribution in [2.45, 2.75) is 89.7 Å². The van der Waals surface area contributed by atoms with Crippen LogP contribution in [0.1, 0.15) is 94.3 Å². The molecule has 1 saturated carbocycles. The second kappa shape index (κ2) is 9.58. The second-order valence-electron chi connectivity index (χ2n) is 9.41. The molecule has 4 heteroatoms. The molecule has 1 saturated heterocycles. The van der Waals surface area contributed by atoms with Gasteiger partial charge in [-0.05, 0) is 56.2 Å². The van der Waals surface area contributed by atoms with Crippen molar-refractivity contribution in [1.29, 1.82) is 0 Å². The first kappa shape index (κ1) is 20.2. The van der Waals surface area contributed by atoms with E-state index in [-0.39, 0.29) is 5.56 Å². The van der Waals surface area contributed by atoms with E-state index in [4.69, 9.17) is 4.74 Å². The number of fused-ring (bicyclic) bond motifs is 3. The quantitative estimate of drug-likeness (QED) is 0.598. The van der Waals surface area contributed by atoms with Crippen LogP contribution in [0.25, 0.3) is 0 Å². The maximum Gasteiger partial charge on any atom is 0.251 e. The number of rotatable bonds is 8. The lowest BCUT2D eigenvalue weighted by Gasteiger charge is -2.29. The molecule has 28 heavy (non-hydrogen) atoms. The van der Waals surface area contributed by atoms with Crippen LogP contribution in [0.15, 0.2) is 16.9 Å². The summed E-state index contributed by atoms with van der Waals surface area (Å²) in [6, 6.07) is 4.49. The van der Waals surface area contributed by atoms with Gasteiger partial charge in [0.2, 0.25) is 0 Å². The number of pyridine rings is 1. The van der Waals surface area contributed by atoms with Gasteiger partial charge in [0.15, 0.2) is 0 Å². The third kappa shape index (κ3) is 4.71. The monoisotopic (exact) mass is 386 g/mol. The van der Waals surface area contributed by atoms with Crippen molar-refractivity contribution in [3.8, 4) is 0 Å². The molecule has 5 rings (SSSR count). The average molecular weight is 387 g/mol. The molecule has 2 bridgehead atoms. The van der Waals surface area contributed by atoms with Crippen LogP contribution in [0.5, 0.6) is 0 Å². The lowest BCUT2D eigenvalue weighted by atomic mass is 9.90. The summed E-state index contributed by atoms with van der Waals surface area (Å²) in [6.45, 7) is 7.06. The van der Waals surface area contributed by atoms with Gasteiger partial charge in [0.1, 0.15) is 0 Å². The van der Waals surface area contributed by atoms with Crippen LogP contribution in [0.3, 0.4) is 0 Å². The van der Waals surface area contributed by atoms with Crippen LogP contribution >= 0.6 is 0 Å². The Kier molecular flexibility index (Phi) is 6.90. The molecule has 1 aliphatic carbocycles. The Morgan fingerprint density at radius 1 is 1.04 bits per heavy atom. The Balaban J connectivity index is 1.42. The van der Waals surface area contributed by atoms with E-state index < -0.39 is 0 Å². The fourth-order valence-electron chi connectivity index (χ4n) is 5.62. The third-order valence-corrected chi connectivity index (χ3v) is 7.16. The van der Waals surface area contributed by atoms with Gasteiger partial charge in [-0.25, -0.2) is 0 Å². The van der Waals surface area contributed by atoms with Gasteiger partial charge in [0.05, 0.1) is 6.61 Å². The highest BCUT2D eigenvalue weighted by Crippen LogP contribution is 2.37. The molecule has 1 aromatic heterocycles. The predicted molar refractivity (Wildman–Crippen MR) is 114 cm³/mol. The Labute approximate surface area is 170 Å². The summed E-state index contributed by atoms with van der Waals surface area (Å²) in [4.78, 5) is 15.6. The second-order valence-corrected chi connectivity index (χ2v) is 9.41. The maximum atomic E-state index is 12.9. The van der Waals surface area contributed by atoms with E-state index >= 15 is 0 Å². The van der Waals surface area contributed by atoms with Crippen LogP contribution < -0.4 is 5.56 Å². The molecule has 4 nitrogen and oxygen atoms in total. The number of unbranched alkanes of at least 4 members (excludes halogenated alkanes) is 2. The number of ether oxygens (including phenoxy) is 1. The Morgan fingerprint density at radius 2 is 1.89 bits per heavy atom. The van der Waals surface area contributed by atoms with E-state index in [1.807, 2.05) is 6.07 Å². The summed E-state index contributed by atoms with van der Waals surface area (Å²) in [6.07, 6.45) is 12.9. The molecule has 0 radical (unpaired) electrons. The van der Waals surface area contributed by atoms with Gasteiger partial charge >= 0.3 is 0 Å². The summed E-state index contributed by atoms with van der Waals surface area (Å²) in [5, 5.41) is 0. The summed E-state index contributed by atoms with van der Waals surface area (Å²) in [5.74, 6) is 1.23. The Hall–Kier alpha value is -1.13. The van der Waals surface area contributed by atoms with Gasteiger partial charge in [0, 0.05) is 43.4 Å². The minimum Gasteiger partial charge on any atom is -0.376 e. The smallest absolute Gasteiger partial charge is 0.251 e. The summed E-state index contributed by atoms with van der Waals surface area (Å²) >= 11 is 0. The molecule has 4 aliphatic rings. The fraction of sp³-hybridized carbons (Fsp3) is 0.792. The number of nitrogens with zero attached hydrogens (tertiary/aromatic N) is 2. The molecular weight excluding hydrogens is 348 g/mol. The van der Waals surface area contributed by atoms with Gasteiger partial charge in [0.25, 0.3) is 5.56 Å². The van der Waals surface area contributed by atoms with Crippen LogP contribution in [-0.4, -0.2) is 35.7 Å². The van der Waals surface area contributed by atoms with Crippen molar-refractivity contribution >= 4 is 0 Å². The Morgan fingerprint density at radius 3 is 2.71 bits per heavy atom. The molecule has 2 unspecified atom stereocenters. The average Bonchev–Trinajstić information content (AvgIpc) is 2.99. The van der Waals surface area contributed by atoms with Crippen molar-refractivity contribution in [2.75, 3.05) is 26.2 Å². The zero-order chi connectivity index (χ0) is 19.3. The predicted octanol–water partition coefficient (Wildman–Crippen LogP) is 4.87. The summed E-state index contributed by atoms with van der Waals surface area (Å²) < 4.78 is 8.17. The van der Waals surface area contributed by atoms with E-state index in [0.717, 1.165) is 37.6 Å². The number of aromatic nitrogens is 1. The van der Waals surface area contributed by atoms with Gasteiger partial charge in [-0.15, -0.1) is 0 Å². The highest BCUT2D eigenvalue weighted by molar-refractivity contribution is 5.24. The molecule has 0 aromatic carbocycles. The van der Waals surface area contributed by atoms with E-state index in [1.165, 1.54) is 70.0 Å². The van der Waals surface area contributed by atoms with E-state index in [9.17, 15) is 4.79 Å². The largest absolute Gasteiger partial charge is 0.376 e. The van der Waals surface area contributed by atoms with Crippen molar-refractivity contribution in [3.05, 3.63) is 33.7 Å². The zero-order valence-corrected chi connectivity index (χ0v) is 17.7. The van der Waals surface area contributed by atoms with E-state index in [2.05, 4.69) is 22.5 Å². The van der Waals surface area contributed by atoms with Gasteiger partial charge in [-0.3, -0.25) is 4.79 Å². The van der Waals surface area contributed by atoms with Gasteiger partial charge in [-0.2, -0.15) is 0 Å². The first-order chi connectivity index (χ1) is 13.7. The van der Waals surface area contributed by atoms with E-state index in [1.54, 1.807) is 0 Å². The van der Waals surface area contributed by atoms with Crippen molar-refractivity contribution in [1.82, 2.24) is 9.47 Å². The first-order valence-corrected chi connectivity index (χ1v) is 11.8. The van der Waals surface area contributed by atoms with Gasteiger partial charge < -0.3 is 14.2 Å². The highest BCUT2D eigenvalue weighted by atomic mass is 16.5. The van der Waals surface area contributed by atoms with Crippen LogP contribution in [0.2, 0.25) is 0 Å². The minimum absolute atomic E-state index is 0.193. The summed E-state index contributed by atoms with van der Waals surface area (Å²) in [5.41, 5.74) is 2.55. The van der Waals surface area contributed by atoms with E-state index in [0.29, 0.717) is 18.6 Å². The molecule has 3 aliphatic heterocycles. The molecule has 156 valence electrons. The first-order valence-electron chi connectivity index (χ1n) is 11.8. The molecular formula is C24H38N2O2. The van der Waals surface area contributed by atoms with Gasteiger partial charge in [-0.1, -0.05) is 39.0 Å². The standard InChI is InChI=1S/C24H38N2O2/c1-2-3-7-12-25-15-21-10-11-22(16-25)26-23(21)13-20(14-24(26)27)18-28-17-19-8-5-4-6-9-19/h13-14,19,21-22H,2-12,15-18H2,1H3. The van der Waals surface area contributed by atoms with Crippen LogP contribution in [0.4, 0.5) is 0 Å². The molecule has 0 spiro atoms. The van der Waals surface area contributed by atoms with Crippen LogP contribution in [0, 0.1) is 5.92 Å². The molecule has 2 fully saturated rings. The SMILES string of the molecule is CCCCCN1CC2CCC(C1)n1c2cc(COCC2CCCCC2)cc1=O. The summed E-state index contributed by atoms with van der Waals surface area (Å²) in [7, 11) is 0. The maximum absolute atomic E-state index is 12.9. The molecule has 0 amide bonds. The topological polar surface area (TPSA) is 34.5 Å². The molecule has 1 aromatic rings. The fourth-order valence-corrected chi connectivity index (χ4v) is 5.62. The Bertz CT molecular complexity index is 692. The van der Waals surface area contributed by atoms with Crippen molar-refractivity contribution in [3.63, 3.8) is 0 Å². The van der Waals surface area contributed by atoms with Crippen LogP contribution in [-0.2, 0) is 11.3 Å². The molecule has 0 N–H and O–H groups in total. The zero-order valence-electron chi connectivity index (χ0n) is 17.7.